The number of nitrogens with zero attached hydrogens (tertiary/aromatic N) is 4. The smallest absolute Gasteiger partial charge is 0.202 e. The molecule has 2 aliphatic rings. The first-order valence-electron chi connectivity index (χ1n) is 9.17. The summed E-state index contributed by atoms with van der Waals surface area (Å²) in [6.07, 6.45) is 2.52. The van der Waals surface area contributed by atoms with Gasteiger partial charge in [0.2, 0.25) is 4.77 Å². The number of hydrogen-bond donors (Lipinski definition) is 1. The van der Waals surface area contributed by atoms with Gasteiger partial charge in [0.1, 0.15) is 5.82 Å². The van der Waals surface area contributed by atoms with Crippen LogP contribution in [0.3, 0.4) is 0 Å². The van der Waals surface area contributed by atoms with Crippen LogP contribution in [0.5, 0.6) is 0 Å². The number of rotatable bonds is 5. The predicted octanol–water partition coefficient (Wildman–Crippen LogP) is 2.33. The molecule has 1 saturated heterocycles. The average Bonchev–Trinajstić information content (AvgIpc) is 3.41. The van der Waals surface area contributed by atoms with Gasteiger partial charge < -0.3 is 14.4 Å². The standard InChI is InChI=1S/C18H24ClN5S/c1-2-23-17(14-6-7-14)20-24(18(23)25)13-21-8-10-22(11-9-21)16-5-3-4-15(19)12-16/h3-5,12,14H,2,6-11,13H2,1H3/p+1. The van der Waals surface area contributed by atoms with E-state index in [1.54, 1.807) is 0 Å². The lowest BCUT2D eigenvalue weighted by atomic mass is 10.2. The second-order valence-electron chi connectivity index (χ2n) is 7.03. The quantitative estimate of drug-likeness (QED) is 0.810. The third kappa shape index (κ3) is 3.61. The summed E-state index contributed by atoms with van der Waals surface area (Å²) < 4.78 is 5.15. The summed E-state index contributed by atoms with van der Waals surface area (Å²) in [5, 5.41) is 5.65. The second kappa shape index (κ2) is 7.09. The monoisotopic (exact) mass is 378 g/mol. The zero-order valence-corrected chi connectivity index (χ0v) is 16.2. The van der Waals surface area contributed by atoms with Crippen LogP contribution < -0.4 is 9.80 Å². The molecular weight excluding hydrogens is 354 g/mol. The van der Waals surface area contributed by atoms with Gasteiger partial charge in [-0.15, -0.1) is 0 Å². The molecule has 2 heterocycles. The molecule has 134 valence electrons. The lowest BCUT2D eigenvalue weighted by molar-refractivity contribution is -0.924. The highest BCUT2D eigenvalue weighted by molar-refractivity contribution is 7.71. The maximum Gasteiger partial charge on any atom is 0.202 e. The van der Waals surface area contributed by atoms with Gasteiger partial charge in [-0.05, 0) is 50.2 Å². The Kier molecular flexibility index (Phi) is 4.84. The van der Waals surface area contributed by atoms with Crippen molar-refractivity contribution < 1.29 is 4.90 Å². The second-order valence-corrected chi connectivity index (χ2v) is 7.84. The number of nitrogens with one attached hydrogen (secondary N) is 1. The van der Waals surface area contributed by atoms with Crippen molar-refractivity contribution >= 4 is 29.5 Å². The molecular formula is C18H25ClN5S+. The third-order valence-corrected chi connectivity index (χ3v) is 5.89. The Morgan fingerprint density at radius 2 is 2.04 bits per heavy atom. The highest BCUT2D eigenvalue weighted by Gasteiger charge is 2.30. The fourth-order valence-corrected chi connectivity index (χ4v) is 4.14. The molecule has 25 heavy (non-hydrogen) atoms. The zero-order chi connectivity index (χ0) is 17.4. The molecule has 1 N–H and O–H groups in total. The molecule has 0 amide bonds. The van der Waals surface area contributed by atoms with Gasteiger partial charge in [-0.2, -0.15) is 9.78 Å². The molecule has 1 aromatic heterocycles. The molecule has 1 aliphatic carbocycles. The van der Waals surface area contributed by atoms with Gasteiger partial charge in [0.05, 0.1) is 26.2 Å². The maximum absolute atomic E-state index is 6.12. The largest absolute Gasteiger partial charge is 0.360 e. The molecule has 1 aromatic carbocycles. The molecule has 0 unspecified atom stereocenters. The van der Waals surface area contributed by atoms with E-state index in [9.17, 15) is 0 Å². The van der Waals surface area contributed by atoms with Crippen LogP contribution in [0.15, 0.2) is 24.3 Å². The summed E-state index contributed by atoms with van der Waals surface area (Å²) in [6.45, 7) is 8.19. The lowest BCUT2D eigenvalue weighted by Gasteiger charge is -2.33. The van der Waals surface area contributed by atoms with Crippen LogP contribution in [-0.2, 0) is 13.2 Å². The van der Waals surface area contributed by atoms with Crippen LogP contribution in [0, 0.1) is 4.77 Å². The van der Waals surface area contributed by atoms with E-state index < -0.39 is 0 Å². The molecule has 4 rings (SSSR count). The Bertz CT molecular complexity index is 802. The van der Waals surface area contributed by atoms with Crippen LogP contribution in [0.25, 0.3) is 0 Å². The minimum atomic E-state index is 0.637. The summed E-state index contributed by atoms with van der Waals surface area (Å²) in [6, 6.07) is 8.13. The van der Waals surface area contributed by atoms with Crippen molar-refractivity contribution in [3.05, 3.63) is 39.9 Å². The van der Waals surface area contributed by atoms with Crippen LogP contribution >= 0.6 is 23.8 Å². The maximum atomic E-state index is 6.12. The first-order chi connectivity index (χ1) is 12.2. The summed E-state index contributed by atoms with van der Waals surface area (Å²) in [4.78, 5) is 3.95. The first kappa shape index (κ1) is 17.1. The van der Waals surface area contributed by atoms with Gasteiger partial charge in [-0.1, -0.05) is 17.7 Å². The Balaban J connectivity index is 1.41. The molecule has 7 heteroatoms. The van der Waals surface area contributed by atoms with Gasteiger partial charge in [0, 0.05) is 23.2 Å². The topological polar surface area (TPSA) is 30.4 Å². The zero-order valence-electron chi connectivity index (χ0n) is 14.6. The van der Waals surface area contributed by atoms with Gasteiger partial charge in [-0.25, -0.2) is 0 Å². The summed E-state index contributed by atoms with van der Waals surface area (Å²) in [5.41, 5.74) is 1.22. The van der Waals surface area contributed by atoms with Crippen molar-refractivity contribution in [2.75, 3.05) is 31.1 Å². The normalized spacial score (nSPS) is 18.7. The SMILES string of the molecule is CCn1c(C2CC2)nn(C[NH+]2CCN(c3cccc(Cl)c3)CC2)c1=S. The first-order valence-corrected chi connectivity index (χ1v) is 9.96. The van der Waals surface area contributed by atoms with Crippen LogP contribution in [0.4, 0.5) is 5.69 Å². The number of halogens is 1. The average molecular weight is 379 g/mol. The van der Waals surface area contributed by atoms with E-state index in [-0.39, 0.29) is 0 Å². The van der Waals surface area contributed by atoms with Crippen molar-refractivity contribution in [3.8, 4) is 0 Å². The fraction of sp³-hybridized carbons (Fsp3) is 0.556. The van der Waals surface area contributed by atoms with E-state index in [4.69, 9.17) is 28.9 Å². The number of hydrogen-bond acceptors (Lipinski definition) is 3. The van der Waals surface area contributed by atoms with E-state index in [0.717, 1.165) is 49.2 Å². The summed E-state index contributed by atoms with van der Waals surface area (Å²) >= 11 is 11.8. The highest BCUT2D eigenvalue weighted by atomic mass is 35.5. The van der Waals surface area contributed by atoms with Crippen molar-refractivity contribution in [1.82, 2.24) is 14.3 Å². The van der Waals surface area contributed by atoms with E-state index in [2.05, 4.69) is 27.1 Å². The van der Waals surface area contributed by atoms with Gasteiger partial charge >= 0.3 is 0 Å². The molecule has 0 atom stereocenters. The van der Waals surface area contributed by atoms with Gasteiger partial charge in [0.15, 0.2) is 6.67 Å². The van der Waals surface area contributed by atoms with Crippen molar-refractivity contribution in [2.45, 2.75) is 38.9 Å². The predicted molar refractivity (Wildman–Crippen MR) is 103 cm³/mol. The van der Waals surface area contributed by atoms with Crippen LogP contribution in [-0.4, -0.2) is 40.5 Å². The Hall–Kier alpha value is -1.37. The molecule has 0 spiro atoms. The molecule has 2 fully saturated rings. The van der Waals surface area contributed by atoms with E-state index in [0.29, 0.717) is 5.92 Å². The van der Waals surface area contributed by atoms with Crippen molar-refractivity contribution in [3.63, 3.8) is 0 Å². The summed E-state index contributed by atoms with van der Waals surface area (Å²) in [7, 11) is 0. The van der Waals surface area contributed by atoms with Crippen molar-refractivity contribution in [2.24, 2.45) is 0 Å². The van der Waals surface area contributed by atoms with Crippen LogP contribution in [0.2, 0.25) is 5.02 Å². The minimum absolute atomic E-state index is 0.637. The third-order valence-electron chi connectivity index (χ3n) is 5.23. The number of anilines is 1. The number of benzene rings is 1. The number of piperazine rings is 1. The molecule has 0 bridgehead atoms. The minimum Gasteiger partial charge on any atom is -0.360 e. The van der Waals surface area contributed by atoms with Crippen molar-refractivity contribution in [1.29, 1.82) is 0 Å². The molecule has 2 aromatic rings. The van der Waals surface area contributed by atoms with E-state index in [1.807, 2.05) is 18.2 Å². The number of aromatic nitrogens is 3. The number of quaternary nitrogens is 1. The molecule has 1 aliphatic heterocycles. The fourth-order valence-electron chi connectivity index (χ4n) is 3.63. The Labute approximate surface area is 158 Å². The summed E-state index contributed by atoms with van der Waals surface area (Å²) in [5.74, 6) is 1.84. The lowest BCUT2D eigenvalue weighted by Crippen LogP contribution is -3.14. The van der Waals surface area contributed by atoms with E-state index in [1.165, 1.54) is 29.3 Å². The Morgan fingerprint density at radius 3 is 2.68 bits per heavy atom. The van der Waals surface area contributed by atoms with E-state index >= 15 is 0 Å². The molecule has 1 saturated carbocycles. The molecule has 0 radical (unpaired) electrons. The van der Waals surface area contributed by atoms with Gasteiger partial charge in [-0.3, -0.25) is 0 Å². The van der Waals surface area contributed by atoms with Gasteiger partial charge in [0.25, 0.3) is 0 Å². The van der Waals surface area contributed by atoms with Crippen LogP contribution in [0.1, 0.15) is 31.5 Å². The Morgan fingerprint density at radius 1 is 1.28 bits per heavy atom. The molecule has 5 nitrogen and oxygen atoms in total. The highest BCUT2D eigenvalue weighted by Crippen LogP contribution is 2.39.